The third kappa shape index (κ3) is 7.14. The second kappa shape index (κ2) is 11.7. The van der Waals surface area contributed by atoms with Crippen molar-refractivity contribution < 1.29 is 9.53 Å². The van der Waals surface area contributed by atoms with E-state index in [1.54, 1.807) is 14.2 Å². The molecule has 0 spiro atoms. The van der Waals surface area contributed by atoms with Crippen molar-refractivity contribution in [2.75, 3.05) is 33.8 Å². The number of amides is 1. The summed E-state index contributed by atoms with van der Waals surface area (Å²) in [5, 5.41) is 6.38. The molecule has 6 heteroatoms. The van der Waals surface area contributed by atoms with Crippen LogP contribution in [0, 0.1) is 6.92 Å². The third-order valence-corrected chi connectivity index (χ3v) is 4.70. The smallest absolute Gasteiger partial charge is 0.242 e. The largest absolute Gasteiger partial charge is 0.496 e. The zero-order chi connectivity index (χ0) is 21.1. The van der Waals surface area contributed by atoms with Gasteiger partial charge in [-0.25, -0.2) is 0 Å². The van der Waals surface area contributed by atoms with Crippen LogP contribution >= 0.6 is 0 Å². The maximum absolute atomic E-state index is 12.6. The number of carbonyl (C=O) groups excluding carboxylic acids is 1. The first-order valence-corrected chi connectivity index (χ1v) is 9.97. The molecule has 2 N–H and O–H groups in total. The molecular formula is C23H32N4O2. The minimum atomic E-state index is 0.0413. The molecule has 0 saturated heterocycles. The summed E-state index contributed by atoms with van der Waals surface area (Å²) in [4.78, 5) is 18.6. The van der Waals surface area contributed by atoms with Crippen molar-refractivity contribution in [2.45, 2.75) is 26.8 Å². The average molecular weight is 397 g/mol. The van der Waals surface area contributed by atoms with Crippen LogP contribution in [0.2, 0.25) is 0 Å². The second-order valence-corrected chi connectivity index (χ2v) is 6.81. The van der Waals surface area contributed by atoms with E-state index in [2.05, 4.69) is 28.6 Å². The number of rotatable bonds is 9. The minimum Gasteiger partial charge on any atom is -0.496 e. The topological polar surface area (TPSA) is 66.0 Å². The van der Waals surface area contributed by atoms with E-state index in [1.165, 1.54) is 5.56 Å². The quantitative estimate of drug-likeness (QED) is 0.505. The summed E-state index contributed by atoms with van der Waals surface area (Å²) >= 11 is 0. The molecule has 1 amide bonds. The summed E-state index contributed by atoms with van der Waals surface area (Å²) in [6.07, 6.45) is 0.800. The first-order valence-electron chi connectivity index (χ1n) is 9.97. The van der Waals surface area contributed by atoms with Gasteiger partial charge in [-0.1, -0.05) is 48.0 Å². The number of guanidine groups is 1. The number of carbonyl (C=O) groups is 1. The van der Waals surface area contributed by atoms with Crippen LogP contribution in [0.25, 0.3) is 0 Å². The molecule has 0 aliphatic rings. The van der Waals surface area contributed by atoms with Gasteiger partial charge >= 0.3 is 0 Å². The molecular weight excluding hydrogens is 364 g/mol. The van der Waals surface area contributed by atoms with Gasteiger partial charge in [0.2, 0.25) is 5.91 Å². The summed E-state index contributed by atoms with van der Waals surface area (Å²) in [6.45, 7) is 6.22. The van der Waals surface area contributed by atoms with Crippen molar-refractivity contribution in [3.8, 4) is 5.75 Å². The van der Waals surface area contributed by atoms with Gasteiger partial charge in [0, 0.05) is 26.7 Å². The lowest BCUT2D eigenvalue weighted by Gasteiger charge is -2.22. The summed E-state index contributed by atoms with van der Waals surface area (Å²) in [7, 11) is 3.39. The number of aliphatic imine (C=N–C) groups is 1. The van der Waals surface area contributed by atoms with Gasteiger partial charge in [0.1, 0.15) is 5.75 Å². The molecule has 2 aromatic rings. The van der Waals surface area contributed by atoms with E-state index >= 15 is 0 Å². The van der Waals surface area contributed by atoms with Gasteiger partial charge in [0.15, 0.2) is 5.96 Å². The number of methoxy groups -OCH3 is 1. The van der Waals surface area contributed by atoms with Crippen LogP contribution in [0.5, 0.6) is 5.75 Å². The van der Waals surface area contributed by atoms with Crippen LogP contribution in [0.3, 0.4) is 0 Å². The van der Waals surface area contributed by atoms with Crippen LogP contribution in [0.15, 0.2) is 53.5 Å². The van der Waals surface area contributed by atoms with Crippen LogP contribution < -0.4 is 15.4 Å². The summed E-state index contributed by atoms with van der Waals surface area (Å²) in [5.74, 6) is 1.54. The molecule has 0 bridgehead atoms. The fourth-order valence-corrected chi connectivity index (χ4v) is 3.09. The van der Waals surface area contributed by atoms with Gasteiger partial charge in [0.25, 0.3) is 0 Å². The second-order valence-electron chi connectivity index (χ2n) is 6.81. The highest BCUT2D eigenvalue weighted by atomic mass is 16.5. The lowest BCUT2D eigenvalue weighted by molar-refractivity contribution is -0.130. The summed E-state index contributed by atoms with van der Waals surface area (Å²) in [6, 6.07) is 16.2. The Hall–Kier alpha value is -3.02. The molecule has 0 aliphatic carbocycles. The Morgan fingerprint density at radius 1 is 1.14 bits per heavy atom. The molecule has 0 aromatic heterocycles. The molecule has 0 unspecified atom stereocenters. The van der Waals surface area contributed by atoms with Gasteiger partial charge in [-0.2, -0.15) is 0 Å². The molecule has 0 fully saturated rings. The molecule has 2 rings (SSSR count). The van der Waals surface area contributed by atoms with Crippen molar-refractivity contribution in [1.82, 2.24) is 15.5 Å². The Labute approximate surface area is 174 Å². The zero-order valence-corrected chi connectivity index (χ0v) is 17.9. The van der Waals surface area contributed by atoms with Gasteiger partial charge in [-0.3, -0.25) is 9.79 Å². The zero-order valence-electron chi connectivity index (χ0n) is 17.9. The molecule has 0 aliphatic heterocycles. The fourth-order valence-electron chi connectivity index (χ4n) is 3.09. The van der Waals surface area contributed by atoms with Crippen molar-refractivity contribution in [2.24, 2.45) is 4.99 Å². The summed E-state index contributed by atoms with van der Waals surface area (Å²) in [5.41, 5.74) is 3.47. The molecule has 156 valence electrons. The molecule has 0 heterocycles. The number of hydrogen-bond acceptors (Lipinski definition) is 3. The number of benzene rings is 2. The van der Waals surface area contributed by atoms with Gasteiger partial charge < -0.3 is 20.3 Å². The molecule has 0 saturated carbocycles. The van der Waals surface area contributed by atoms with Crippen LogP contribution in [-0.4, -0.2) is 50.6 Å². The summed E-state index contributed by atoms with van der Waals surface area (Å²) < 4.78 is 5.43. The van der Waals surface area contributed by atoms with E-state index in [1.807, 2.05) is 54.3 Å². The highest BCUT2D eigenvalue weighted by Crippen LogP contribution is 2.19. The van der Waals surface area contributed by atoms with Crippen LogP contribution in [0.4, 0.5) is 0 Å². The maximum atomic E-state index is 12.6. The first kappa shape index (κ1) is 22.3. The van der Waals surface area contributed by atoms with Gasteiger partial charge in [-0.15, -0.1) is 0 Å². The van der Waals surface area contributed by atoms with Crippen LogP contribution in [-0.2, 0) is 17.8 Å². The lowest BCUT2D eigenvalue weighted by atomic mass is 10.1. The van der Waals surface area contributed by atoms with E-state index in [0.29, 0.717) is 25.6 Å². The van der Waals surface area contributed by atoms with E-state index in [-0.39, 0.29) is 12.5 Å². The average Bonchev–Trinajstić information content (AvgIpc) is 2.75. The van der Waals surface area contributed by atoms with E-state index in [0.717, 1.165) is 23.3 Å². The number of ether oxygens (including phenoxy) is 1. The first-order chi connectivity index (χ1) is 14.1. The van der Waals surface area contributed by atoms with E-state index in [4.69, 9.17) is 4.74 Å². The van der Waals surface area contributed by atoms with Crippen molar-refractivity contribution >= 4 is 11.9 Å². The van der Waals surface area contributed by atoms with Crippen molar-refractivity contribution in [1.29, 1.82) is 0 Å². The number of nitrogens with one attached hydrogen (secondary N) is 2. The van der Waals surface area contributed by atoms with Crippen molar-refractivity contribution in [3.05, 3.63) is 65.2 Å². The Kier molecular flexibility index (Phi) is 9.02. The monoisotopic (exact) mass is 396 g/mol. The molecule has 0 radical (unpaired) electrons. The Bertz CT molecular complexity index is 806. The van der Waals surface area contributed by atoms with Crippen LogP contribution in [0.1, 0.15) is 23.6 Å². The predicted molar refractivity (Wildman–Crippen MR) is 118 cm³/mol. The standard InChI is InChI=1S/C23H32N4O2/c1-5-27(17-19-9-7-6-8-10-19)22(28)16-26-23(24-3)25-14-13-20-15-18(2)11-12-21(20)29-4/h6-12,15H,5,13-14,16-17H2,1-4H3,(H2,24,25,26). The lowest BCUT2D eigenvalue weighted by Crippen LogP contribution is -2.44. The van der Waals surface area contributed by atoms with Crippen molar-refractivity contribution in [3.63, 3.8) is 0 Å². The minimum absolute atomic E-state index is 0.0413. The van der Waals surface area contributed by atoms with E-state index in [9.17, 15) is 4.79 Å². The molecule has 0 atom stereocenters. The Morgan fingerprint density at radius 3 is 2.55 bits per heavy atom. The SMILES string of the molecule is CCN(Cc1ccccc1)C(=O)CNC(=NC)NCCc1cc(C)ccc1OC. The Morgan fingerprint density at radius 2 is 1.90 bits per heavy atom. The van der Waals surface area contributed by atoms with Gasteiger partial charge in [0.05, 0.1) is 13.7 Å². The molecule has 6 nitrogen and oxygen atoms in total. The van der Waals surface area contributed by atoms with E-state index < -0.39 is 0 Å². The number of likely N-dealkylation sites (N-methyl/N-ethyl adjacent to an activating group) is 1. The maximum Gasteiger partial charge on any atom is 0.242 e. The highest BCUT2D eigenvalue weighted by molar-refractivity contribution is 5.86. The number of nitrogens with zero attached hydrogens (tertiary/aromatic N) is 2. The van der Waals surface area contributed by atoms with Gasteiger partial charge in [-0.05, 0) is 37.5 Å². The predicted octanol–water partition coefficient (Wildman–Crippen LogP) is 2.76. The third-order valence-electron chi connectivity index (χ3n) is 4.70. The number of aryl methyl sites for hydroxylation is 1. The molecule has 29 heavy (non-hydrogen) atoms. The fraction of sp³-hybridized carbons (Fsp3) is 0.391. The number of hydrogen-bond donors (Lipinski definition) is 2. The molecule has 2 aromatic carbocycles. The highest BCUT2D eigenvalue weighted by Gasteiger charge is 2.12. The Balaban J connectivity index is 1.82. The normalized spacial score (nSPS) is 11.1.